The van der Waals surface area contributed by atoms with Gasteiger partial charge in [-0.05, 0) is 0 Å². The van der Waals surface area contributed by atoms with Crippen molar-refractivity contribution in [3.05, 3.63) is 0 Å². The first-order chi connectivity index (χ1) is 9.25. The van der Waals surface area contributed by atoms with Crippen molar-refractivity contribution < 1.29 is 0 Å². The van der Waals surface area contributed by atoms with Crippen molar-refractivity contribution in [3.8, 4) is 0 Å². The van der Waals surface area contributed by atoms with Crippen molar-refractivity contribution >= 4 is 0 Å². The fourth-order valence-electron chi connectivity index (χ4n) is 1.44. The molecule has 0 saturated carbocycles. The quantitative estimate of drug-likeness (QED) is 0.464. The maximum atomic E-state index is 3.34. The van der Waals surface area contributed by atoms with Gasteiger partial charge in [0.15, 0.2) is 0 Å². The van der Waals surface area contributed by atoms with Crippen LogP contribution in [0, 0.1) is 0 Å². The number of hydrogen-bond donors (Lipinski definition) is 4. The molecule has 4 heteroatoms. The van der Waals surface area contributed by atoms with Crippen molar-refractivity contribution in [1.82, 2.24) is 21.3 Å². The van der Waals surface area contributed by atoms with Gasteiger partial charge in [0, 0.05) is 50.3 Å². The van der Waals surface area contributed by atoms with Gasteiger partial charge < -0.3 is 21.3 Å². The summed E-state index contributed by atoms with van der Waals surface area (Å²) in [6.07, 6.45) is 0. The summed E-state index contributed by atoms with van der Waals surface area (Å²) in [5, 5.41) is 13.4. The second-order valence-electron chi connectivity index (χ2n) is 6.44. The Morgan fingerprint density at radius 1 is 0.400 bits per heavy atom. The van der Waals surface area contributed by atoms with Gasteiger partial charge in [-0.2, -0.15) is 0 Å². The largest absolute Gasteiger partial charge is 0.313 e. The molecule has 0 atom stereocenters. The molecule has 0 aromatic rings. The minimum atomic E-state index is 0.606. The van der Waals surface area contributed by atoms with Crippen LogP contribution in [0.3, 0.4) is 0 Å². The first-order valence-corrected chi connectivity index (χ1v) is 8.19. The first kappa shape index (κ1) is 22.1. The van der Waals surface area contributed by atoms with Crippen LogP contribution in [-0.2, 0) is 0 Å². The van der Waals surface area contributed by atoms with Crippen LogP contribution >= 0.6 is 0 Å². The van der Waals surface area contributed by atoms with Crippen LogP contribution in [0.25, 0.3) is 0 Å². The molecule has 0 rings (SSSR count). The van der Waals surface area contributed by atoms with Crippen molar-refractivity contribution in [1.29, 1.82) is 0 Å². The smallest absolute Gasteiger partial charge is 0.00791 e. The van der Waals surface area contributed by atoms with Crippen molar-refractivity contribution in [2.45, 2.75) is 79.6 Å². The van der Waals surface area contributed by atoms with Crippen LogP contribution in [0.2, 0.25) is 0 Å². The van der Waals surface area contributed by atoms with Crippen molar-refractivity contribution in [2.75, 3.05) is 26.2 Å². The second kappa shape index (κ2) is 15.2. The lowest BCUT2D eigenvalue weighted by Crippen LogP contribution is -2.34. The molecule has 0 aliphatic rings. The fraction of sp³-hybridized carbons (Fsp3) is 1.00. The average molecular weight is 289 g/mol. The average Bonchev–Trinajstić information content (AvgIpc) is 2.30. The predicted molar refractivity (Wildman–Crippen MR) is 92.6 cm³/mol. The van der Waals surface area contributed by atoms with E-state index in [1.807, 2.05) is 0 Å². The summed E-state index contributed by atoms with van der Waals surface area (Å²) < 4.78 is 0. The highest BCUT2D eigenvalue weighted by Gasteiger charge is 1.93. The Kier molecular flexibility index (Phi) is 16.9. The maximum absolute atomic E-state index is 3.34. The molecule has 4 N–H and O–H groups in total. The molecule has 0 amide bonds. The van der Waals surface area contributed by atoms with Gasteiger partial charge >= 0.3 is 0 Å². The van der Waals surface area contributed by atoms with Crippen LogP contribution in [0.1, 0.15) is 55.4 Å². The van der Waals surface area contributed by atoms with Crippen molar-refractivity contribution in [3.63, 3.8) is 0 Å². The Labute approximate surface area is 127 Å². The van der Waals surface area contributed by atoms with Gasteiger partial charge in [0.2, 0.25) is 0 Å². The van der Waals surface area contributed by atoms with E-state index in [1.54, 1.807) is 0 Å². The molecule has 124 valence electrons. The number of hydrogen-bond acceptors (Lipinski definition) is 4. The van der Waals surface area contributed by atoms with Gasteiger partial charge in [0.05, 0.1) is 0 Å². The normalized spacial score (nSPS) is 11.4. The third kappa shape index (κ3) is 26.4. The van der Waals surface area contributed by atoms with Gasteiger partial charge in [0.1, 0.15) is 0 Å². The SMILES string of the molecule is CC(C)NCCNC(C)C.CC(C)NCCNC(C)C. The van der Waals surface area contributed by atoms with E-state index >= 15 is 0 Å². The molecule has 0 aromatic carbocycles. The Hall–Kier alpha value is -0.160. The van der Waals surface area contributed by atoms with E-state index < -0.39 is 0 Å². The summed E-state index contributed by atoms with van der Waals surface area (Å²) in [5.74, 6) is 0. The highest BCUT2D eigenvalue weighted by molar-refractivity contribution is 4.58. The minimum Gasteiger partial charge on any atom is -0.313 e. The number of rotatable bonds is 10. The summed E-state index contributed by atoms with van der Waals surface area (Å²) in [7, 11) is 0. The molecule has 0 bridgehead atoms. The minimum absolute atomic E-state index is 0.606. The monoisotopic (exact) mass is 288 g/mol. The van der Waals surface area contributed by atoms with Gasteiger partial charge in [-0.25, -0.2) is 0 Å². The van der Waals surface area contributed by atoms with Crippen LogP contribution in [0.4, 0.5) is 0 Å². The van der Waals surface area contributed by atoms with Crippen LogP contribution < -0.4 is 21.3 Å². The Balaban J connectivity index is 0. The molecule has 0 aliphatic carbocycles. The Bertz CT molecular complexity index is 139. The Morgan fingerprint density at radius 3 is 0.650 bits per heavy atom. The highest BCUT2D eigenvalue weighted by atomic mass is 15.0. The van der Waals surface area contributed by atoms with Crippen LogP contribution in [0.15, 0.2) is 0 Å². The lowest BCUT2D eigenvalue weighted by molar-refractivity contribution is 0.525. The molecule has 0 radical (unpaired) electrons. The van der Waals surface area contributed by atoms with E-state index in [9.17, 15) is 0 Å². The third-order valence-corrected chi connectivity index (χ3v) is 2.46. The molecule has 0 saturated heterocycles. The zero-order valence-electron chi connectivity index (χ0n) is 15.1. The molecule has 0 aliphatic heterocycles. The van der Waals surface area contributed by atoms with Crippen molar-refractivity contribution in [2.24, 2.45) is 0 Å². The molecule has 0 unspecified atom stereocenters. The van der Waals surface area contributed by atoms with Crippen LogP contribution in [0.5, 0.6) is 0 Å². The molecule has 0 aromatic heterocycles. The highest BCUT2D eigenvalue weighted by Crippen LogP contribution is 1.77. The Morgan fingerprint density at radius 2 is 0.550 bits per heavy atom. The lowest BCUT2D eigenvalue weighted by atomic mass is 10.3. The summed E-state index contributed by atoms with van der Waals surface area (Å²) in [5.41, 5.74) is 0. The van der Waals surface area contributed by atoms with Crippen LogP contribution in [-0.4, -0.2) is 50.3 Å². The summed E-state index contributed by atoms with van der Waals surface area (Å²) >= 11 is 0. The zero-order chi connectivity index (χ0) is 16.0. The van der Waals surface area contributed by atoms with E-state index in [1.165, 1.54) is 0 Å². The zero-order valence-corrected chi connectivity index (χ0v) is 15.1. The summed E-state index contributed by atoms with van der Waals surface area (Å²) in [6.45, 7) is 21.6. The summed E-state index contributed by atoms with van der Waals surface area (Å²) in [4.78, 5) is 0. The van der Waals surface area contributed by atoms with Gasteiger partial charge in [-0.3, -0.25) is 0 Å². The van der Waals surface area contributed by atoms with Gasteiger partial charge in [0.25, 0.3) is 0 Å². The predicted octanol–water partition coefficient (Wildman–Crippen LogP) is 1.96. The molecule has 0 fully saturated rings. The van der Waals surface area contributed by atoms with E-state index in [4.69, 9.17) is 0 Å². The molecule has 20 heavy (non-hydrogen) atoms. The molecular formula is C16H40N4. The molecule has 0 heterocycles. The van der Waals surface area contributed by atoms with E-state index in [2.05, 4.69) is 76.7 Å². The standard InChI is InChI=1S/2C8H20N2/c2*1-7(2)9-5-6-10-8(3)4/h2*7-10H,5-6H2,1-4H3. The summed E-state index contributed by atoms with van der Waals surface area (Å²) in [6, 6.07) is 2.42. The van der Waals surface area contributed by atoms with E-state index in [0.717, 1.165) is 26.2 Å². The van der Waals surface area contributed by atoms with Gasteiger partial charge in [-0.15, -0.1) is 0 Å². The topological polar surface area (TPSA) is 48.1 Å². The van der Waals surface area contributed by atoms with E-state index in [0.29, 0.717) is 24.2 Å². The van der Waals surface area contributed by atoms with Gasteiger partial charge in [-0.1, -0.05) is 55.4 Å². The maximum Gasteiger partial charge on any atom is 0.00791 e. The third-order valence-electron chi connectivity index (χ3n) is 2.46. The first-order valence-electron chi connectivity index (χ1n) is 8.19. The molecule has 0 spiro atoms. The van der Waals surface area contributed by atoms with E-state index in [-0.39, 0.29) is 0 Å². The molecular weight excluding hydrogens is 248 g/mol. The lowest BCUT2D eigenvalue weighted by Gasteiger charge is -2.10. The fourth-order valence-corrected chi connectivity index (χ4v) is 1.44. The molecule has 4 nitrogen and oxygen atoms in total. The number of nitrogens with one attached hydrogen (secondary N) is 4. The second-order valence-corrected chi connectivity index (χ2v) is 6.44.